The van der Waals surface area contributed by atoms with Gasteiger partial charge in [-0.25, -0.2) is 0 Å². The van der Waals surface area contributed by atoms with Gasteiger partial charge in [0.2, 0.25) is 0 Å². The Kier molecular flexibility index (Phi) is 14.0. The number of rotatable bonds is 10. The van der Waals surface area contributed by atoms with Crippen molar-refractivity contribution in [2.75, 3.05) is 52.6 Å². The second kappa shape index (κ2) is 14.9. The number of hydrogen-bond donors (Lipinski definition) is 4. The zero-order chi connectivity index (χ0) is 34.5. The maximum absolute atomic E-state index is 13.7. The van der Waals surface area contributed by atoms with Crippen LogP contribution in [0.4, 0.5) is 0 Å². The van der Waals surface area contributed by atoms with Gasteiger partial charge in [0.1, 0.15) is 0 Å². The molecule has 0 aromatic carbocycles. The van der Waals surface area contributed by atoms with Gasteiger partial charge in [0.25, 0.3) is 11.8 Å². The summed E-state index contributed by atoms with van der Waals surface area (Å²) < 4.78 is 25.1. The predicted molar refractivity (Wildman–Crippen MR) is 185 cm³/mol. The quantitative estimate of drug-likeness (QED) is 0.199. The van der Waals surface area contributed by atoms with Gasteiger partial charge in [-0.05, 0) is 77.8 Å². The summed E-state index contributed by atoms with van der Waals surface area (Å²) >= 11 is 0. The Morgan fingerprint density at radius 1 is 0.568 bits per heavy atom. The highest BCUT2D eigenvalue weighted by Gasteiger charge is 2.42. The Morgan fingerprint density at radius 3 is 1.14 bits per heavy atom. The summed E-state index contributed by atoms with van der Waals surface area (Å²) in [4.78, 5) is 27.4. The standard InChI is InChI=1S/C32H68N4O6Si2/c1-27(2,3)43(13,14)41-19-17-39-31(11)23-33-21-30(9,10)36-26(38)32(12,24-34-22-29(7,8)35-25(31)37)40-18-20-42-44(15,16)28(4,5)6/h33-34H,17-24H2,1-16H3,(H,35,37)(H,36,38)/t31-,32-/m0/s1. The molecule has 0 bridgehead atoms. The van der Waals surface area contributed by atoms with Crippen LogP contribution in [0.1, 0.15) is 83.1 Å². The lowest BCUT2D eigenvalue weighted by Crippen LogP contribution is -2.65. The molecule has 44 heavy (non-hydrogen) atoms. The van der Waals surface area contributed by atoms with Crippen LogP contribution in [0, 0.1) is 0 Å². The second-order valence-electron chi connectivity index (χ2n) is 17.3. The SMILES string of the molecule is CC1(C)CNC[C@](C)(OCCO[Si](C)(C)C(C)(C)C)C(=O)NC(C)(C)CNC[C@](C)(OCCO[Si](C)(C)C(C)(C)C)C(=O)N1. The first-order chi connectivity index (χ1) is 19.6. The number of nitrogens with one attached hydrogen (secondary N) is 4. The van der Waals surface area contributed by atoms with Crippen LogP contribution < -0.4 is 21.3 Å². The molecule has 12 heteroatoms. The Labute approximate surface area is 271 Å². The summed E-state index contributed by atoms with van der Waals surface area (Å²) in [6.07, 6.45) is 0. The summed E-state index contributed by atoms with van der Waals surface area (Å²) in [5.41, 5.74) is -3.52. The topological polar surface area (TPSA) is 119 Å². The lowest BCUT2D eigenvalue weighted by Gasteiger charge is -2.39. The van der Waals surface area contributed by atoms with Crippen LogP contribution in [0.25, 0.3) is 0 Å². The number of amides is 2. The smallest absolute Gasteiger partial charge is 0.253 e. The highest BCUT2D eigenvalue weighted by Crippen LogP contribution is 2.37. The molecule has 2 atom stereocenters. The van der Waals surface area contributed by atoms with Crippen molar-refractivity contribution in [3.8, 4) is 0 Å². The first-order valence-corrected chi connectivity index (χ1v) is 22.0. The maximum Gasteiger partial charge on any atom is 0.253 e. The van der Waals surface area contributed by atoms with Crippen molar-refractivity contribution in [3.05, 3.63) is 0 Å². The number of carbonyl (C=O) groups is 2. The fourth-order valence-corrected chi connectivity index (χ4v) is 6.20. The molecule has 1 saturated heterocycles. The second-order valence-corrected chi connectivity index (χ2v) is 26.9. The molecule has 0 spiro atoms. The van der Waals surface area contributed by atoms with E-state index in [0.717, 1.165) is 0 Å². The van der Waals surface area contributed by atoms with Gasteiger partial charge in [-0.3, -0.25) is 9.59 Å². The molecule has 10 nitrogen and oxygen atoms in total. The Hall–Kier alpha value is -0.866. The van der Waals surface area contributed by atoms with Crippen LogP contribution in [-0.2, 0) is 27.9 Å². The first-order valence-electron chi connectivity index (χ1n) is 16.2. The molecule has 1 rings (SSSR count). The molecule has 0 saturated carbocycles. The Morgan fingerprint density at radius 2 is 0.864 bits per heavy atom. The van der Waals surface area contributed by atoms with E-state index in [-0.39, 0.29) is 35.0 Å². The fourth-order valence-electron chi connectivity index (χ4n) is 4.15. The minimum Gasteiger partial charge on any atom is -0.414 e. The van der Waals surface area contributed by atoms with Crippen molar-refractivity contribution in [1.82, 2.24) is 21.3 Å². The van der Waals surface area contributed by atoms with Crippen molar-refractivity contribution < 1.29 is 27.9 Å². The Balaban J connectivity index is 3.04. The van der Waals surface area contributed by atoms with Crippen LogP contribution in [0.2, 0.25) is 36.3 Å². The molecule has 4 N–H and O–H groups in total. The minimum absolute atomic E-state index is 0.0902. The first kappa shape index (κ1) is 41.2. The molecule has 0 aromatic heterocycles. The van der Waals surface area contributed by atoms with E-state index >= 15 is 0 Å². The van der Waals surface area contributed by atoms with E-state index in [2.05, 4.69) is 89.0 Å². The van der Waals surface area contributed by atoms with E-state index in [4.69, 9.17) is 18.3 Å². The van der Waals surface area contributed by atoms with Gasteiger partial charge in [-0.1, -0.05) is 41.5 Å². The summed E-state index contributed by atoms with van der Waals surface area (Å²) in [6.45, 7) is 36.2. The number of ether oxygens (including phenoxy) is 2. The average molecular weight is 661 g/mol. The summed E-state index contributed by atoms with van der Waals surface area (Å²) in [7, 11) is -3.87. The van der Waals surface area contributed by atoms with Crippen molar-refractivity contribution in [3.63, 3.8) is 0 Å². The lowest BCUT2D eigenvalue weighted by atomic mass is 9.97. The zero-order valence-electron chi connectivity index (χ0n) is 31.1. The van der Waals surface area contributed by atoms with Crippen molar-refractivity contribution >= 4 is 28.4 Å². The van der Waals surface area contributed by atoms with Gasteiger partial charge < -0.3 is 39.6 Å². The van der Waals surface area contributed by atoms with E-state index in [1.165, 1.54) is 0 Å². The predicted octanol–water partition coefficient (Wildman–Crippen LogP) is 4.56. The molecular formula is C32H68N4O6Si2. The van der Waals surface area contributed by atoms with E-state index in [9.17, 15) is 9.59 Å². The fraction of sp³-hybridized carbons (Fsp3) is 0.938. The van der Waals surface area contributed by atoms with Crippen LogP contribution in [0.15, 0.2) is 0 Å². The molecule has 0 radical (unpaired) electrons. The molecule has 260 valence electrons. The normalized spacial score (nSPS) is 26.5. The van der Waals surface area contributed by atoms with E-state index in [1.54, 1.807) is 13.8 Å². The zero-order valence-corrected chi connectivity index (χ0v) is 33.1. The third-order valence-electron chi connectivity index (χ3n) is 9.47. The molecular weight excluding hydrogens is 593 g/mol. The molecule has 0 aromatic rings. The number of hydrogen-bond acceptors (Lipinski definition) is 8. The molecule has 1 heterocycles. The minimum atomic E-state index is -1.94. The van der Waals surface area contributed by atoms with E-state index in [1.807, 2.05) is 27.7 Å². The van der Waals surface area contributed by atoms with Gasteiger partial charge in [-0.15, -0.1) is 0 Å². The largest absolute Gasteiger partial charge is 0.414 e. The summed E-state index contributed by atoms with van der Waals surface area (Å²) in [6, 6.07) is 0. The molecule has 1 aliphatic heterocycles. The molecule has 2 amide bonds. The third kappa shape index (κ3) is 12.4. The van der Waals surface area contributed by atoms with Gasteiger partial charge in [0, 0.05) is 37.3 Å². The van der Waals surface area contributed by atoms with Gasteiger partial charge in [0.05, 0.1) is 26.4 Å². The monoisotopic (exact) mass is 660 g/mol. The highest BCUT2D eigenvalue weighted by atomic mass is 28.4. The van der Waals surface area contributed by atoms with Crippen LogP contribution >= 0.6 is 0 Å². The maximum atomic E-state index is 13.7. The van der Waals surface area contributed by atoms with Crippen LogP contribution in [-0.4, -0.2) is 103 Å². The lowest BCUT2D eigenvalue weighted by molar-refractivity contribution is -0.149. The van der Waals surface area contributed by atoms with Crippen LogP contribution in [0.5, 0.6) is 0 Å². The van der Waals surface area contributed by atoms with Crippen molar-refractivity contribution in [1.29, 1.82) is 0 Å². The third-order valence-corrected chi connectivity index (χ3v) is 18.5. The Bertz CT molecular complexity index is 885. The summed E-state index contributed by atoms with van der Waals surface area (Å²) in [5, 5.41) is 13.3. The highest BCUT2D eigenvalue weighted by molar-refractivity contribution is 6.74. The van der Waals surface area contributed by atoms with E-state index in [0.29, 0.717) is 39.5 Å². The van der Waals surface area contributed by atoms with Crippen LogP contribution in [0.3, 0.4) is 0 Å². The number of carbonyl (C=O) groups excluding carboxylic acids is 2. The van der Waals surface area contributed by atoms with E-state index < -0.39 is 38.9 Å². The van der Waals surface area contributed by atoms with Gasteiger partial charge >= 0.3 is 0 Å². The summed E-state index contributed by atoms with van der Waals surface area (Å²) in [5.74, 6) is -0.408. The molecule has 1 fully saturated rings. The molecule has 0 unspecified atom stereocenters. The molecule has 0 aliphatic carbocycles. The van der Waals surface area contributed by atoms with Crippen molar-refractivity contribution in [2.24, 2.45) is 0 Å². The molecule has 1 aliphatic rings. The van der Waals surface area contributed by atoms with Gasteiger partial charge in [-0.2, -0.15) is 0 Å². The average Bonchev–Trinajstić information content (AvgIpc) is 2.81. The van der Waals surface area contributed by atoms with Crippen molar-refractivity contribution in [2.45, 2.75) is 142 Å². The van der Waals surface area contributed by atoms with Gasteiger partial charge in [0.15, 0.2) is 27.8 Å².